The Morgan fingerprint density at radius 1 is 1.00 bits per heavy atom. The summed E-state index contributed by atoms with van der Waals surface area (Å²) in [5, 5.41) is 3.33. The van der Waals surface area contributed by atoms with E-state index in [1.54, 1.807) is 31.3 Å². The number of hydrogen-bond donors (Lipinski definition) is 1. The zero-order chi connectivity index (χ0) is 23.8. The Balaban J connectivity index is 1.77. The van der Waals surface area contributed by atoms with Crippen LogP contribution in [0.15, 0.2) is 64.2 Å². The number of benzene rings is 2. The predicted octanol–water partition coefficient (Wildman–Crippen LogP) is 1.49. The number of fused-ring (bicyclic) bond motifs is 1. The van der Waals surface area contributed by atoms with Crippen LogP contribution in [0.25, 0.3) is 16.9 Å². The van der Waals surface area contributed by atoms with Crippen LogP contribution in [-0.4, -0.2) is 50.6 Å². The molecular formula is C25H26N6O3. The molecule has 1 N–H and O–H groups in total. The molecule has 2 aromatic carbocycles. The SMILES string of the molecule is Cc1ccccc1-n1c(N2CCNCC2)nc2c1c(=O)n(CC(=O)c1ccccc1)c(=O)n2C. The summed E-state index contributed by atoms with van der Waals surface area (Å²) >= 11 is 0. The fourth-order valence-corrected chi connectivity index (χ4v) is 4.43. The number of nitrogens with zero attached hydrogens (tertiary/aromatic N) is 5. The maximum atomic E-state index is 13.8. The van der Waals surface area contributed by atoms with Crippen LogP contribution in [-0.2, 0) is 13.6 Å². The molecular weight excluding hydrogens is 432 g/mol. The smallest absolute Gasteiger partial charge is 0.332 e. The molecule has 1 aliphatic rings. The zero-order valence-corrected chi connectivity index (χ0v) is 19.2. The molecule has 2 aromatic heterocycles. The minimum Gasteiger partial charge on any atom is -0.339 e. The molecule has 0 unspecified atom stereocenters. The monoisotopic (exact) mass is 458 g/mol. The van der Waals surface area contributed by atoms with Crippen molar-refractivity contribution in [3.8, 4) is 5.69 Å². The highest BCUT2D eigenvalue weighted by Crippen LogP contribution is 2.27. The van der Waals surface area contributed by atoms with E-state index >= 15 is 0 Å². The van der Waals surface area contributed by atoms with Crippen molar-refractivity contribution in [3.05, 3.63) is 86.6 Å². The first-order chi connectivity index (χ1) is 16.5. The van der Waals surface area contributed by atoms with E-state index in [0.717, 1.165) is 42.0 Å². The van der Waals surface area contributed by atoms with E-state index < -0.39 is 11.2 Å². The van der Waals surface area contributed by atoms with Gasteiger partial charge in [0.2, 0.25) is 5.95 Å². The maximum absolute atomic E-state index is 13.8. The molecule has 0 atom stereocenters. The normalized spacial score (nSPS) is 14.0. The van der Waals surface area contributed by atoms with Crippen molar-refractivity contribution < 1.29 is 4.79 Å². The van der Waals surface area contributed by atoms with E-state index in [2.05, 4.69) is 10.2 Å². The Bertz CT molecular complexity index is 1490. The van der Waals surface area contributed by atoms with Gasteiger partial charge in [0.25, 0.3) is 5.56 Å². The second-order valence-electron chi connectivity index (χ2n) is 8.47. The molecule has 34 heavy (non-hydrogen) atoms. The van der Waals surface area contributed by atoms with Crippen LogP contribution in [0, 0.1) is 6.92 Å². The molecule has 0 aliphatic carbocycles. The van der Waals surface area contributed by atoms with E-state index in [4.69, 9.17) is 4.98 Å². The van der Waals surface area contributed by atoms with Gasteiger partial charge in [-0.05, 0) is 18.6 Å². The summed E-state index contributed by atoms with van der Waals surface area (Å²) in [6.45, 7) is 4.68. The summed E-state index contributed by atoms with van der Waals surface area (Å²) in [6.07, 6.45) is 0. The second kappa shape index (κ2) is 8.75. The fraction of sp³-hybridized carbons (Fsp3) is 0.280. The van der Waals surface area contributed by atoms with E-state index in [1.165, 1.54) is 4.57 Å². The number of carbonyl (C=O) groups excluding carboxylic acids is 1. The summed E-state index contributed by atoms with van der Waals surface area (Å²) in [7, 11) is 1.59. The Morgan fingerprint density at radius 3 is 2.38 bits per heavy atom. The second-order valence-corrected chi connectivity index (χ2v) is 8.47. The van der Waals surface area contributed by atoms with Gasteiger partial charge in [0.05, 0.1) is 12.2 Å². The molecule has 0 saturated carbocycles. The third-order valence-corrected chi connectivity index (χ3v) is 6.28. The molecule has 9 heteroatoms. The quantitative estimate of drug-likeness (QED) is 0.456. The molecule has 1 saturated heterocycles. The number of ketones is 1. The number of rotatable bonds is 5. The van der Waals surface area contributed by atoms with Gasteiger partial charge in [0.1, 0.15) is 0 Å². The minimum absolute atomic E-state index is 0.283. The van der Waals surface area contributed by atoms with Crippen molar-refractivity contribution >= 4 is 22.9 Å². The minimum atomic E-state index is -0.567. The van der Waals surface area contributed by atoms with Crippen molar-refractivity contribution in [2.24, 2.45) is 7.05 Å². The number of nitrogens with one attached hydrogen (secondary N) is 1. The third-order valence-electron chi connectivity index (χ3n) is 6.28. The van der Waals surface area contributed by atoms with E-state index in [-0.39, 0.29) is 17.8 Å². The molecule has 0 bridgehead atoms. The average molecular weight is 459 g/mol. The lowest BCUT2D eigenvalue weighted by Crippen LogP contribution is -2.44. The Morgan fingerprint density at radius 2 is 1.68 bits per heavy atom. The summed E-state index contributed by atoms with van der Waals surface area (Å²) in [5.74, 6) is 0.313. The lowest BCUT2D eigenvalue weighted by Gasteiger charge is -2.29. The Kier molecular flexibility index (Phi) is 5.62. The first-order valence-corrected chi connectivity index (χ1v) is 11.3. The molecule has 0 spiro atoms. The van der Waals surface area contributed by atoms with Gasteiger partial charge in [0.15, 0.2) is 16.9 Å². The number of carbonyl (C=O) groups is 1. The number of aromatic nitrogens is 4. The lowest BCUT2D eigenvalue weighted by atomic mass is 10.1. The summed E-state index contributed by atoms with van der Waals surface area (Å²) < 4.78 is 4.20. The molecule has 3 heterocycles. The highest BCUT2D eigenvalue weighted by molar-refractivity contribution is 5.96. The number of Topliss-reactive ketones (excluding diaryl/α,β-unsaturated/α-hetero) is 1. The van der Waals surface area contributed by atoms with Crippen LogP contribution in [0.4, 0.5) is 5.95 Å². The topological polar surface area (TPSA) is 94.2 Å². The van der Waals surface area contributed by atoms with Crippen LogP contribution in [0.2, 0.25) is 0 Å². The number of para-hydroxylation sites is 1. The van der Waals surface area contributed by atoms with Crippen LogP contribution >= 0.6 is 0 Å². The molecule has 1 fully saturated rings. The van der Waals surface area contributed by atoms with Crippen molar-refractivity contribution in [2.75, 3.05) is 31.1 Å². The van der Waals surface area contributed by atoms with E-state index in [9.17, 15) is 14.4 Å². The maximum Gasteiger partial charge on any atom is 0.332 e. The highest BCUT2D eigenvalue weighted by atomic mass is 16.2. The van der Waals surface area contributed by atoms with Crippen molar-refractivity contribution in [3.63, 3.8) is 0 Å². The number of hydrogen-bond acceptors (Lipinski definition) is 6. The van der Waals surface area contributed by atoms with Gasteiger partial charge >= 0.3 is 5.69 Å². The number of piperazine rings is 1. The van der Waals surface area contributed by atoms with Crippen LogP contribution in [0.5, 0.6) is 0 Å². The van der Waals surface area contributed by atoms with Gasteiger partial charge in [0, 0.05) is 38.8 Å². The number of anilines is 1. The van der Waals surface area contributed by atoms with Gasteiger partial charge in [-0.15, -0.1) is 0 Å². The highest BCUT2D eigenvalue weighted by Gasteiger charge is 2.26. The third kappa shape index (κ3) is 3.63. The lowest BCUT2D eigenvalue weighted by molar-refractivity contribution is 0.0969. The molecule has 9 nitrogen and oxygen atoms in total. The number of imidazole rings is 1. The van der Waals surface area contributed by atoms with Crippen LogP contribution in [0.3, 0.4) is 0 Å². The first-order valence-electron chi connectivity index (χ1n) is 11.3. The predicted molar refractivity (Wildman–Crippen MR) is 131 cm³/mol. The first kappa shape index (κ1) is 21.8. The fourth-order valence-electron chi connectivity index (χ4n) is 4.43. The van der Waals surface area contributed by atoms with Gasteiger partial charge in [-0.2, -0.15) is 4.98 Å². The number of aryl methyl sites for hydroxylation is 2. The molecule has 4 aromatic rings. The van der Waals surface area contributed by atoms with Crippen LogP contribution < -0.4 is 21.5 Å². The van der Waals surface area contributed by atoms with Gasteiger partial charge in [-0.3, -0.25) is 23.3 Å². The van der Waals surface area contributed by atoms with Gasteiger partial charge in [-0.1, -0.05) is 48.5 Å². The molecule has 5 rings (SSSR count). The van der Waals surface area contributed by atoms with Gasteiger partial charge in [-0.25, -0.2) is 4.79 Å². The summed E-state index contributed by atoms with van der Waals surface area (Å²) in [5.41, 5.74) is 1.72. The molecule has 0 amide bonds. The summed E-state index contributed by atoms with van der Waals surface area (Å²) in [4.78, 5) is 46.7. The Hall–Kier alpha value is -3.98. The summed E-state index contributed by atoms with van der Waals surface area (Å²) in [6, 6.07) is 16.4. The van der Waals surface area contributed by atoms with Crippen molar-refractivity contribution in [2.45, 2.75) is 13.5 Å². The average Bonchev–Trinajstić information content (AvgIpc) is 3.27. The molecule has 174 valence electrons. The van der Waals surface area contributed by atoms with Gasteiger partial charge < -0.3 is 10.2 Å². The largest absolute Gasteiger partial charge is 0.339 e. The van der Waals surface area contributed by atoms with E-state index in [0.29, 0.717) is 17.2 Å². The molecule has 1 aliphatic heterocycles. The van der Waals surface area contributed by atoms with Crippen molar-refractivity contribution in [1.29, 1.82) is 0 Å². The zero-order valence-electron chi connectivity index (χ0n) is 19.2. The standard InChI is InChI=1S/C25H26N6O3/c1-17-8-6-7-11-19(17)31-21-22(27-24(31)29-14-12-26-13-15-29)28(2)25(34)30(23(21)33)16-20(32)18-9-4-3-5-10-18/h3-11,26H,12-16H2,1-2H3. The Labute approximate surface area is 195 Å². The molecule has 0 radical (unpaired) electrons. The van der Waals surface area contributed by atoms with Crippen molar-refractivity contribution in [1.82, 2.24) is 24.0 Å². The van der Waals surface area contributed by atoms with E-state index in [1.807, 2.05) is 41.8 Å². The van der Waals surface area contributed by atoms with Crippen LogP contribution in [0.1, 0.15) is 15.9 Å².